The van der Waals surface area contributed by atoms with Crippen molar-refractivity contribution in [2.75, 3.05) is 26.6 Å². The molecule has 0 unspecified atom stereocenters. The van der Waals surface area contributed by atoms with E-state index < -0.39 is 10.9 Å². The predicted molar refractivity (Wildman–Crippen MR) is 110 cm³/mol. The van der Waals surface area contributed by atoms with E-state index in [4.69, 9.17) is 14.2 Å². The van der Waals surface area contributed by atoms with E-state index in [1.807, 2.05) is 32.9 Å². The molecule has 146 valence electrons. The van der Waals surface area contributed by atoms with Gasteiger partial charge in [0.1, 0.15) is 5.69 Å². The predicted octanol–water partition coefficient (Wildman–Crippen LogP) is 3.64. The molecule has 0 radical (unpaired) electrons. The summed E-state index contributed by atoms with van der Waals surface area (Å²) < 4.78 is 16.0. The molecule has 0 bridgehead atoms. The van der Waals surface area contributed by atoms with Crippen LogP contribution in [0.2, 0.25) is 0 Å². The largest absolute Gasteiger partial charge is 0.493 e. The quantitative estimate of drug-likeness (QED) is 0.657. The fraction of sp³-hybridized carbons (Fsp3) is 0.273. The van der Waals surface area contributed by atoms with Crippen LogP contribution in [0.1, 0.15) is 16.7 Å². The number of anilines is 2. The van der Waals surface area contributed by atoms with Crippen molar-refractivity contribution in [1.29, 1.82) is 0 Å². The zero-order valence-corrected chi connectivity index (χ0v) is 16.9. The molecule has 0 amide bonds. The van der Waals surface area contributed by atoms with Gasteiger partial charge in [-0.25, -0.2) is 0 Å². The Kier molecular flexibility index (Phi) is 5.14. The number of benzene rings is 2. The fourth-order valence-electron chi connectivity index (χ4n) is 3.30. The highest BCUT2D eigenvalue weighted by molar-refractivity contribution is 5.87. The molecule has 0 aromatic heterocycles. The van der Waals surface area contributed by atoms with Gasteiger partial charge in [-0.3, -0.25) is 9.59 Å². The van der Waals surface area contributed by atoms with Crippen LogP contribution in [0, 0.1) is 20.8 Å². The first-order chi connectivity index (χ1) is 13.3. The van der Waals surface area contributed by atoms with Crippen LogP contribution in [-0.2, 0) is 0 Å². The minimum absolute atomic E-state index is 0.269. The average Bonchev–Trinajstić information content (AvgIpc) is 2.69. The van der Waals surface area contributed by atoms with Crippen LogP contribution in [0.15, 0.2) is 33.9 Å². The van der Waals surface area contributed by atoms with Crippen molar-refractivity contribution >= 4 is 11.4 Å². The molecule has 0 aliphatic carbocycles. The summed E-state index contributed by atoms with van der Waals surface area (Å²) in [5, 5.41) is 3.06. The number of ether oxygens (including phenoxy) is 3. The summed E-state index contributed by atoms with van der Waals surface area (Å²) in [5.74, 6) is 1.35. The number of aryl methyl sites for hydroxylation is 3. The van der Waals surface area contributed by atoms with Crippen molar-refractivity contribution in [2.24, 2.45) is 0 Å². The van der Waals surface area contributed by atoms with E-state index in [9.17, 15) is 9.59 Å². The van der Waals surface area contributed by atoms with Crippen molar-refractivity contribution in [1.82, 2.24) is 0 Å². The van der Waals surface area contributed by atoms with Gasteiger partial charge in [0.2, 0.25) is 11.2 Å². The number of methoxy groups -OCH3 is 3. The van der Waals surface area contributed by atoms with E-state index >= 15 is 0 Å². The lowest BCUT2D eigenvalue weighted by Gasteiger charge is -2.18. The second-order valence-electron chi connectivity index (χ2n) is 6.70. The second kappa shape index (κ2) is 7.38. The normalized spacial score (nSPS) is 10.8. The van der Waals surface area contributed by atoms with Crippen LogP contribution >= 0.6 is 0 Å². The van der Waals surface area contributed by atoms with Gasteiger partial charge in [-0.05, 0) is 43.0 Å². The van der Waals surface area contributed by atoms with Crippen molar-refractivity contribution in [3.8, 4) is 28.4 Å². The van der Waals surface area contributed by atoms with Crippen molar-refractivity contribution in [3.05, 3.63) is 61.4 Å². The standard InChI is InChI=1S/C22H23NO5/c1-11-7-13(3)15(8-12(11)2)18-19(21(25)20(18)24)23-14-9-16(26-4)22(28-6)17(10-14)27-5/h7-10,23H,1-6H3. The highest BCUT2D eigenvalue weighted by Gasteiger charge is 2.25. The summed E-state index contributed by atoms with van der Waals surface area (Å²) in [6.07, 6.45) is 0. The average molecular weight is 381 g/mol. The number of hydrogen-bond donors (Lipinski definition) is 1. The number of rotatable bonds is 6. The van der Waals surface area contributed by atoms with Gasteiger partial charge in [0, 0.05) is 17.8 Å². The smallest absolute Gasteiger partial charge is 0.250 e. The molecular weight excluding hydrogens is 358 g/mol. The molecule has 6 heteroatoms. The molecule has 0 saturated carbocycles. The van der Waals surface area contributed by atoms with Crippen LogP contribution in [0.5, 0.6) is 17.2 Å². The van der Waals surface area contributed by atoms with Gasteiger partial charge in [0.05, 0.1) is 26.9 Å². The van der Waals surface area contributed by atoms with Gasteiger partial charge >= 0.3 is 0 Å². The Bertz CT molecular complexity index is 1100. The summed E-state index contributed by atoms with van der Waals surface area (Å²) in [5.41, 5.74) is 4.12. The number of hydrogen-bond acceptors (Lipinski definition) is 6. The van der Waals surface area contributed by atoms with Crippen LogP contribution in [0.25, 0.3) is 11.1 Å². The van der Waals surface area contributed by atoms with E-state index in [-0.39, 0.29) is 5.69 Å². The van der Waals surface area contributed by atoms with Crippen LogP contribution in [0.4, 0.5) is 11.4 Å². The Hall–Kier alpha value is -3.28. The monoisotopic (exact) mass is 381 g/mol. The molecule has 28 heavy (non-hydrogen) atoms. The Balaban J connectivity index is 2.09. The zero-order chi connectivity index (χ0) is 20.6. The Morgan fingerprint density at radius 1 is 0.714 bits per heavy atom. The molecule has 6 nitrogen and oxygen atoms in total. The molecule has 3 rings (SSSR count). The maximum atomic E-state index is 12.3. The Morgan fingerprint density at radius 2 is 1.29 bits per heavy atom. The summed E-state index contributed by atoms with van der Waals surface area (Å²) in [7, 11) is 4.55. The van der Waals surface area contributed by atoms with Gasteiger partial charge in [0.25, 0.3) is 5.43 Å². The molecule has 0 spiro atoms. The third-order valence-corrected chi connectivity index (χ3v) is 4.95. The molecule has 0 fully saturated rings. The molecule has 0 aliphatic rings. The Morgan fingerprint density at radius 3 is 1.82 bits per heavy atom. The van der Waals surface area contributed by atoms with Crippen molar-refractivity contribution in [3.63, 3.8) is 0 Å². The third-order valence-electron chi connectivity index (χ3n) is 4.95. The Labute approximate surface area is 163 Å². The summed E-state index contributed by atoms with van der Waals surface area (Å²) >= 11 is 0. The molecule has 3 aromatic carbocycles. The first-order valence-electron chi connectivity index (χ1n) is 8.80. The van der Waals surface area contributed by atoms with Gasteiger partial charge < -0.3 is 19.5 Å². The summed E-state index contributed by atoms with van der Waals surface area (Å²) in [6, 6.07) is 7.34. The van der Waals surface area contributed by atoms with Crippen LogP contribution in [-0.4, -0.2) is 21.3 Å². The first kappa shape index (κ1) is 19.5. The van der Waals surface area contributed by atoms with E-state index in [1.54, 1.807) is 12.1 Å². The molecule has 0 atom stereocenters. The summed E-state index contributed by atoms with van der Waals surface area (Å²) in [4.78, 5) is 24.6. The van der Waals surface area contributed by atoms with Crippen molar-refractivity contribution in [2.45, 2.75) is 20.8 Å². The molecule has 0 saturated heterocycles. The molecule has 0 heterocycles. The lowest BCUT2D eigenvalue weighted by atomic mass is 9.91. The topological polar surface area (TPSA) is 73.9 Å². The molecular formula is C22H23NO5. The minimum Gasteiger partial charge on any atom is -0.493 e. The lowest BCUT2D eigenvalue weighted by molar-refractivity contribution is 0.324. The highest BCUT2D eigenvalue weighted by atomic mass is 16.5. The molecule has 1 N–H and O–H groups in total. The zero-order valence-electron chi connectivity index (χ0n) is 16.9. The summed E-state index contributed by atoms with van der Waals surface area (Å²) in [6.45, 7) is 5.93. The fourth-order valence-corrected chi connectivity index (χ4v) is 3.30. The van der Waals surface area contributed by atoms with Gasteiger partial charge in [-0.2, -0.15) is 0 Å². The van der Waals surface area contributed by atoms with Crippen LogP contribution in [0.3, 0.4) is 0 Å². The lowest BCUT2D eigenvalue weighted by Crippen LogP contribution is -2.35. The first-order valence-corrected chi connectivity index (χ1v) is 8.80. The second-order valence-corrected chi connectivity index (χ2v) is 6.70. The molecule has 0 aliphatic heterocycles. The van der Waals surface area contributed by atoms with E-state index in [0.29, 0.717) is 28.5 Å². The molecule has 3 aromatic rings. The van der Waals surface area contributed by atoms with E-state index in [2.05, 4.69) is 5.32 Å². The van der Waals surface area contributed by atoms with E-state index in [0.717, 1.165) is 22.3 Å². The van der Waals surface area contributed by atoms with E-state index in [1.165, 1.54) is 21.3 Å². The SMILES string of the molecule is COc1cc(Nc2c(-c3cc(C)c(C)cc3C)c(=O)c2=O)cc(OC)c1OC. The van der Waals surface area contributed by atoms with Crippen LogP contribution < -0.4 is 30.4 Å². The number of nitrogens with one attached hydrogen (secondary N) is 1. The third kappa shape index (κ3) is 3.11. The minimum atomic E-state index is -0.540. The van der Waals surface area contributed by atoms with Gasteiger partial charge in [-0.15, -0.1) is 0 Å². The maximum absolute atomic E-state index is 12.3. The van der Waals surface area contributed by atoms with Crippen molar-refractivity contribution < 1.29 is 14.2 Å². The highest BCUT2D eigenvalue weighted by Crippen LogP contribution is 2.41. The maximum Gasteiger partial charge on any atom is 0.250 e. The van der Waals surface area contributed by atoms with Gasteiger partial charge in [0.15, 0.2) is 11.5 Å². The van der Waals surface area contributed by atoms with Gasteiger partial charge in [-0.1, -0.05) is 12.1 Å².